The van der Waals surface area contributed by atoms with Gasteiger partial charge >= 0.3 is 0 Å². The van der Waals surface area contributed by atoms with Crippen LogP contribution in [-0.2, 0) is 0 Å². The van der Waals surface area contributed by atoms with Crippen molar-refractivity contribution in [2.75, 3.05) is 18.5 Å². The van der Waals surface area contributed by atoms with E-state index >= 15 is 0 Å². The third-order valence-electron chi connectivity index (χ3n) is 2.53. The first-order chi connectivity index (χ1) is 7.15. The van der Waals surface area contributed by atoms with E-state index in [2.05, 4.69) is 29.9 Å². The molecule has 0 radical (unpaired) electrons. The minimum absolute atomic E-state index is 0.0625. The van der Waals surface area contributed by atoms with Gasteiger partial charge in [-0.3, -0.25) is 0 Å². The Hall–Kier alpha value is -1.09. The summed E-state index contributed by atoms with van der Waals surface area (Å²) in [7, 11) is 2.07. The van der Waals surface area contributed by atoms with Crippen LogP contribution in [0.25, 0.3) is 0 Å². The molecule has 0 aliphatic carbocycles. The summed E-state index contributed by atoms with van der Waals surface area (Å²) in [4.78, 5) is 6.57. The maximum Gasteiger partial charge on any atom is 0.128 e. The molecule has 1 unspecified atom stereocenters. The highest BCUT2D eigenvalue weighted by molar-refractivity contribution is 5.38. The predicted molar refractivity (Wildman–Crippen MR) is 65.0 cm³/mol. The van der Waals surface area contributed by atoms with Crippen LogP contribution in [0.5, 0.6) is 0 Å². The SMILES string of the molecule is CCCCN(C)c1ccc(C(C)N)cn1. The number of hydrogen-bond acceptors (Lipinski definition) is 3. The van der Waals surface area contributed by atoms with Crippen LogP contribution in [0.3, 0.4) is 0 Å². The van der Waals surface area contributed by atoms with E-state index in [0.717, 1.165) is 17.9 Å². The fourth-order valence-corrected chi connectivity index (χ4v) is 1.40. The summed E-state index contributed by atoms with van der Waals surface area (Å²) in [5.41, 5.74) is 6.85. The largest absolute Gasteiger partial charge is 0.360 e. The molecule has 0 saturated carbocycles. The summed E-state index contributed by atoms with van der Waals surface area (Å²) in [6, 6.07) is 4.15. The zero-order valence-corrected chi connectivity index (χ0v) is 9.90. The lowest BCUT2D eigenvalue weighted by Crippen LogP contribution is -2.19. The average Bonchev–Trinajstić information content (AvgIpc) is 2.26. The van der Waals surface area contributed by atoms with Gasteiger partial charge in [-0.05, 0) is 25.0 Å². The Morgan fingerprint density at radius 3 is 2.67 bits per heavy atom. The molecule has 84 valence electrons. The van der Waals surface area contributed by atoms with Gasteiger partial charge in [-0.2, -0.15) is 0 Å². The monoisotopic (exact) mass is 207 g/mol. The maximum absolute atomic E-state index is 5.77. The first-order valence-electron chi connectivity index (χ1n) is 5.57. The molecule has 0 saturated heterocycles. The Morgan fingerprint density at radius 1 is 1.47 bits per heavy atom. The van der Waals surface area contributed by atoms with Crippen molar-refractivity contribution in [3.05, 3.63) is 23.9 Å². The van der Waals surface area contributed by atoms with Crippen molar-refractivity contribution in [1.29, 1.82) is 0 Å². The summed E-state index contributed by atoms with van der Waals surface area (Å²) >= 11 is 0. The molecule has 1 aromatic rings. The van der Waals surface area contributed by atoms with Crippen molar-refractivity contribution in [3.63, 3.8) is 0 Å². The number of anilines is 1. The van der Waals surface area contributed by atoms with Gasteiger partial charge in [0, 0.05) is 25.8 Å². The minimum atomic E-state index is 0.0625. The number of hydrogen-bond donors (Lipinski definition) is 1. The second kappa shape index (κ2) is 5.71. The number of unbranched alkanes of at least 4 members (excludes halogenated alkanes) is 1. The number of nitrogens with zero attached hydrogens (tertiary/aromatic N) is 2. The molecular formula is C12H21N3. The second-order valence-electron chi connectivity index (χ2n) is 4.01. The third kappa shape index (κ3) is 3.51. The fourth-order valence-electron chi connectivity index (χ4n) is 1.40. The van der Waals surface area contributed by atoms with Crippen LogP contribution in [0, 0.1) is 0 Å². The van der Waals surface area contributed by atoms with E-state index in [9.17, 15) is 0 Å². The fraction of sp³-hybridized carbons (Fsp3) is 0.583. The lowest BCUT2D eigenvalue weighted by Gasteiger charge is -2.18. The van der Waals surface area contributed by atoms with E-state index in [1.165, 1.54) is 12.8 Å². The number of nitrogens with two attached hydrogens (primary N) is 1. The quantitative estimate of drug-likeness (QED) is 0.805. The number of pyridine rings is 1. The first-order valence-corrected chi connectivity index (χ1v) is 5.57. The molecule has 0 aromatic carbocycles. The predicted octanol–water partition coefficient (Wildman–Crippen LogP) is 2.34. The zero-order valence-electron chi connectivity index (χ0n) is 9.90. The van der Waals surface area contributed by atoms with Gasteiger partial charge in [0.15, 0.2) is 0 Å². The molecule has 0 spiro atoms. The molecule has 15 heavy (non-hydrogen) atoms. The first kappa shape index (κ1) is 12.0. The zero-order chi connectivity index (χ0) is 11.3. The van der Waals surface area contributed by atoms with Crippen molar-refractivity contribution < 1.29 is 0 Å². The Bertz CT molecular complexity index is 279. The van der Waals surface area contributed by atoms with E-state index in [0.29, 0.717) is 0 Å². The Balaban J connectivity index is 2.62. The molecule has 3 heteroatoms. The lowest BCUT2D eigenvalue weighted by molar-refractivity contribution is 0.756. The Labute approximate surface area is 92.3 Å². The van der Waals surface area contributed by atoms with Gasteiger partial charge in [-0.25, -0.2) is 4.98 Å². The highest BCUT2D eigenvalue weighted by atomic mass is 15.2. The van der Waals surface area contributed by atoms with Crippen LogP contribution in [0.2, 0.25) is 0 Å². The molecule has 1 heterocycles. The van der Waals surface area contributed by atoms with Gasteiger partial charge < -0.3 is 10.6 Å². The Kier molecular flexibility index (Phi) is 4.56. The summed E-state index contributed by atoms with van der Waals surface area (Å²) in [5.74, 6) is 1.02. The molecule has 0 aliphatic heterocycles. The van der Waals surface area contributed by atoms with Crippen LogP contribution in [0.1, 0.15) is 38.3 Å². The van der Waals surface area contributed by atoms with E-state index < -0.39 is 0 Å². The van der Waals surface area contributed by atoms with Crippen LogP contribution in [0.15, 0.2) is 18.3 Å². The lowest BCUT2D eigenvalue weighted by atomic mass is 10.1. The van der Waals surface area contributed by atoms with Crippen molar-refractivity contribution >= 4 is 5.82 Å². The van der Waals surface area contributed by atoms with Gasteiger partial charge in [0.2, 0.25) is 0 Å². The van der Waals surface area contributed by atoms with Crippen molar-refractivity contribution in [1.82, 2.24) is 4.98 Å². The number of rotatable bonds is 5. The third-order valence-corrected chi connectivity index (χ3v) is 2.53. The van der Waals surface area contributed by atoms with Gasteiger partial charge in [-0.1, -0.05) is 19.4 Å². The van der Waals surface area contributed by atoms with E-state index in [1.54, 1.807) is 0 Å². The second-order valence-corrected chi connectivity index (χ2v) is 4.01. The van der Waals surface area contributed by atoms with E-state index in [1.807, 2.05) is 19.2 Å². The molecule has 2 N–H and O–H groups in total. The highest BCUT2D eigenvalue weighted by Crippen LogP contribution is 2.13. The molecule has 0 bridgehead atoms. The van der Waals surface area contributed by atoms with Crippen LogP contribution in [-0.4, -0.2) is 18.6 Å². The van der Waals surface area contributed by atoms with Gasteiger partial charge in [0.25, 0.3) is 0 Å². The summed E-state index contributed by atoms with van der Waals surface area (Å²) < 4.78 is 0. The normalized spacial score (nSPS) is 12.5. The van der Waals surface area contributed by atoms with Crippen LogP contribution in [0.4, 0.5) is 5.82 Å². The summed E-state index contributed by atoms with van der Waals surface area (Å²) in [6.45, 7) is 5.22. The Morgan fingerprint density at radius 2 is 2.20 bits per heavy atom. The highest BCUT2D eigenvalue weighted by Gasteiger charge is 2.03. The van der Waals surface area contributed by atoms with Crippen molar-refractivity contribution in [2.45, 2.75) is 32.7 Å². The molecule has 1 rings (SSSR count). The molecule has 0 aliphatic rings. The molecule has 1 aromatic heterocycles. The topological polar surface area (TPSA) is 42.1 Å². The smallest absolute Gasteiger partial charge is 0.128 e. The van der Waals surface area contributed by atoms with Gasteiger partial charge in [0.1, 0.15) is 5.82 Å². The van der Waals surface area contributed by atoms with E-state index in [-0.39, 0.29) is 6.04 Å². The molecule has 0 fully saturated rings. The van der Waals surface area contributed by atoms with Gasteiger partial charge in [0.05, 0.1) is 0 Å². The molecule has 1 atom stereocenters. The summed E-state index contributed by atoms with van der Waals surface area (Å²) in [6.07, 6.45) is 4.28. The van der Waals surface area contributed by atoms with Gasteiger partial charge in [-0.15, -0.1) is 0 Å². The molecule has 0 amide bonds. The number of aromatic nitrogens is 1. The minimum Gasteiger partial charge on any atom is -0.360 e. The van der Waals surface area contributed by atoms with Crippen molar-refractivity contribution in [2.24, 2.45) is 5.73 Å². The molecular weight excluding hydrogens is 186 g/mol. The molecule has 3 nitrogen and oxygen atoms in total. The average molecular weight is 207 g/mol. The van der Waals surface area contributed by atoms with Crippen LogP contribution < -0.4 is 10.6 Å². The standard InChI is InChI=1S/C12H21N3/c1-4-5-8-15(3)12-7-6-11(9-14-12)10(2)13/h6-7,9-10H,4-5,8,13H2,1-3H3. The van der Waals surface area contributed by atoms with Crippen molar-refractivity contribution in [3.8, 4) is 0 Å². The van der Waals surface area contributed by atoms with E-state index in [4.69, 9.17) is 5.73 Å². The summed E-state index contributed by atoms with van der Waals surface area (Å²) in [5, 5.41) is 0. The van der Waals surface area contributed by atoms with Crippen LogP contribution >= 0.6 is 0 Å². The maximum atomic E-state index is 5.77.